The zero-order valence-corrected chi connectivity index (χ0v) is 14.9. The number of carbonyl (C=O) groups excluding carboxylic acids is 2. The number of likely N-dealkylation sites (tertiary alicyclic amines) is 1. The van der Waals surface area contributed by atoms with Crippen LogP contribution in [0.15, 0.2) is 24.3 Å². The van der Waals surface area contributed by atoms with Crippen molar-refractivity contribution in [1.82, 2.24) is 10.2 Å². The first-order valence-electron chi connectivity index (χ1n) is 8.89. The lowest BCUT2D eigenvalue weighted by atomic mass is 10.1. The van der Waals surface area contributed by atoms with Crippen LogP contribution in [0, 0.1) is 5.92 Å². The van der Waals surface area contributed by atoms with Crippen LogP contribution in [0.5, 0.6) is 5.75 Å². The Bertz CT molecular complexity index is 610. The van der Waals surface area contributed by atoms with E-state index in [1.165, 1.54) is 0 Å². The first-order chi connectivity index (χ1) is 12.1. The molecule has 0 aromatic heterocycles. The van der Waals surface area contributed by atoms with Crippen LogP contribution in [-0.4, -0.2) is 49.1 Å². The van der Waals surface area contributed by atoms with E-state index in [2.05, 4.69) is 5.32 Å². The van der Waals surface area contributed by atoms with Gasteiger partial charge in [0.05, 0.1) is 25.2 Å². The van der Waals surface area contributed by atoms with Crippen molar-refractivity contribution < 1.29 is 19.1 Å². The fourth-order valence-electron chi connectivity index (χ4n) is 3.48. The van der Waals surface area contributed by atoms with Gasteiger partial charge in [0.1, 0.15) is 5.75 Å². The fraction of sp³-hybridized carbons (Fsp3) is 0.579. The molecule has 2 amide bonds. The molecule has 2 aliphatic heterocycles. The Morgan fingerprint density at radius 1 is 1.40 bits per heavy atom. The number of nitrogens with zero attached hydrogens (tertiary/aromatic N) is 1. The van der Waals surface area contributed by atoms with Gasteiger partial charge in [0.15, 0.2) is 0 Å². The summed E-state index contributed by atoms with van der Waals surface area (Å²) in [6.07, 6.45) is 2.40. The molecule has 0 radical (unpaired) electrons. The van der Waals surface area contributed by atoms with E-state index in [1.807, 2.05) is 31.2 Å². The van der Waals surface area contributed by atoms with Crippen molar-refractivity contribution in [3.05, 3.63) is 29.8 Å². The molecule has 0 spiro atoms. The highest BCUT2D eigenvalue weighted by atomic mass is 16.5. The molecule has 6 heteroatoms. The first-order valence-corrected chi connectivity index (χ1v) is 8.89. The monoisotopic (exact) mass is 346 g/mol. The van der Waals surface area contributed by atoms with Gasteiger partial charge >= 0.3 is 0 Å². The lowest BCUT2D eigenvalue weighted by Gasteiger charge is -2.22. The smallest absolute Gasteiger partial charge is 0.225 e. The number of methoxy groups -OCH3 is 1. The second kappa shape index (κ2) is 7.87. The normalized spacial score (nSPS) is 24.4. The summed E-state index contributed by atoms with van der Waals surface area (Å²) in [6.45, 7) is 3.73. The van der Waals surface area contributed by atoms with E-state index in [9.17, 15) is 9.59 Å². The van der Waals surface area contributed by atoms with E-state index < -0.39 is 0 Å². The molecule has 1 aromatic rings. The molecule has 1 N–H and O–H groups in total. The van der Waals surface area contributed by atoms with E-state index >= 15 is 0 Å². The molecule has 1 aromatic carbocycles. The molecule has 2 heterocycles. The minimum atomic E-state index is -0.283. The summed E-state index contributed by atoms with van der Waals surface area (Å²) in [7, 11) is 1.62. The molecule has 2 saturated heterocycles. The highest BCUT2D eigenvalue weighted by molar-refractivity contribution is 5.89. The van der Waals surface area contributed by atoms with Crippen LogP contribution in [0.2, 0.25) is 0 Å². The van der Waals surface area contributed by atoms with Gasteiger partial charge < -0.3 is 19.7 Å². The topological polar surface area (TPSA) is 67.9 Å². The third-order valence-corrected chi connectivity index (χ3v) is 5.01. The van der Waals surface area contributed by atoms with Crippen LogP contribution < -0.4 is 10.1 Å². The van der Waals surface area contributed by atoms with E-state index in [-0.39, 0.29) is 36.3 Å². The second-order valence-electron chi connectivity index (χ2n) is 6.87. The Kier molecular flexibility index (Phi) is 5.58. The summed E-state index contributed by atoms with van der Waals surface area (Å²) in [4.78, 5) is 26.5. The maximum atomic E-state index is 12.5. The van der Waals surface area contributed by atoms with Crippen molar-refractivity contribution in [3.8, 4) is 5.75 Å². The van der Waals surface area contributed by atoms with Crippen LogP contribution >= 0.6 is 0 Å². The summed E-state index contributed by atoms with van der Waals surface area (Å²) in [6, 6.07) is 7.63. The molecule has 0 aliphatic carbocycles. The molecule has 3 atom stereocenters. The largest absolute Gasteiger partial charge is 0.497 e. The van der Waals surface area contributed by atoms with Gasteiger partial charge in [-0.3, -0.25) is 9.59 Å². The third kappa shape index (κ3) is 4.31. The van der Waals surface area contributed by atoms with Gasteiger partial charge in [0.2, 0.25) is 11.8 Å². The SMILES string of the molecule is COc1ccc(CN2C[C@H](C(=O)N[C@@H](C)[C@H]3CCCO3)CC2=O)cc1. The van der Waals surface area contributed by atoms with Crippen LogP contribution in [0.4, 0.5) is 0 Å². The van der Waals surface area contributed by atoms with E-state index in [1.54, 1.807) is 12.0 Å². The Hall–Kier alpha value is -2.08. The van der Waals surface area contributed by atoms with Crippen LogP contribution in [0.3, 0.4) is 0 Å². The van der Waals surface area contributed by atoms with Crippen molar-refractivity contribution in [2.75, 3.05) is 20.3 Å². The second-order valence-corrected chi connectivity index (χ2v) is 6.87. The van der Waals surface area contributed by atoms with Crippen molar-refractivity contribution in [1.29, 1.82) is 0 Å². The number of carbonyl (C=O) groups is 2. The van der Waals surface area contributed by atoms with Gasteiger partial charge in [0, 0.05) is 26.1 Å². The highest BCUT2D eigenvalue weighted by Crippen LogP contribution is 2.22. The average Bonchev–Trinajstić information content (AvgIpc) is 3.26. The number of hydrogen-bond acceptors (Lipinski definition) is 4. The minimum absolute atomic E-state index is 0.0132. The van der Waals surface area contributed by atoms with E-state index in [0.29, 0.717) is 13.1 Å². The molecule has 25 heavy (non-hydrogen) atoms. The maximum absolute atomic E-state index is 12.5. The van der Waals surface area contributed by atoms with Crippen molar-refractivity contribution >= 4 is 11.8 Å². The number of amides is 2. The third-order valence-electron chi connectivity index (χ3n) is 5.01. The van der Waals surface area contributed by atoms with Crippen LogP contribution in [0.25, 0.3) is 0 Å². The molecule has 0 unspecified atom stereocenters. The molecule has 0 bridgehead atoms. The zero-order valence-electron chi connectivity index (χ0n) is 14.9. The molecule has 6 nitrogen and oxygen atoms in total. The number of rotatable bonds is 6. The zero-order chi connectivity index (χ0) is 17.8. The highest BCUT2D eigenvalue weighted by Gasteiger charge is 2.35. The maximum Gasteiger partial charge on any atom is 0.225 e. The Morgan fingerprint density at radius 3 is 2.80 bits per heavy atom. The van der Waals surface area contributed by atoms with E-state index in [4.69, 9.17) is 9.47 Å². The van der Waals surface area contributed by atoms with Crippen molar-refractivity contribution in [3.63, 3.8) is 0 Å². The predicted molar refractivity (Wildman–Crippen MR) is 93.1 cm³/mol. The Morgan fingerprint density at radius 2 is 2.16 bits per heavy atom. The molecule has 2 aliphatic rings. The summed E-state index contributed by atoms with van der Waals surface area (Å²) in [5.41, 5.74) is 1.03. The first kappa shape index (κ1) is 17.7. The summed E-state index contributed by atoms with van der Waals surface area (Å²) >= 11 is 0. The molecule has 136 valence electrons. The number of ether oxygens (including phenoxy) is 2. The summed E-state index contributed by atoms with van der Waals surface area (Å²) in [5, 5.41) is 3.02. The lowest BCUT2D eigenvalue weighted by molar-refractivity contribution is -0.129. The average molecular weight is 346 g/mol. The van der Waals surface area contributed by atoms with Gasteiger partial charge in [0.25, 0.3) is 0 Å². The number of nitrogens with one attached hydrogen (secondary N) is 1. The van der Waals surface area contributed by atoms with Crippen molar-refractivity contribution in [2.45, 2.75) is 44.9 Å². The van der Waals surface area contributed by atoms with Crippen molar-refractivity contribution in [2.24, 2.45) is 5.92 Å². The Labute approximate surface area is 148 Å². The van der Waals surface area contributed by atoms with Gasteiger partial charge in [-0.1, -0.05) is 12.1 Å². The summed E-state index contributed by atoms with van der Waals surface area (Å²) in [5.74, 6) is 0.487. The summed E-state index contributed by atoms with van der Waals surface area (Å²) < 4.78 is 10.8. The Balaban J connectivity index is 1.53. The quantitative estimate of drug-likeness (QED) is 0.852. The van der Waals surface area contributed by atoms with Crippen LogP contribution in [0.1, 0.15) is 31.7 Å². The minimum Gasteiger partial charge on any atom is -0.497 e. The van der Waals surface area contributed by atoms with Gasteiger partial charge in [-0.25, -0.2) is 0 Å². The molecular weight excluding hydrogens is 320 g/mol. The number of benzene rings is 1. The molecule has 2 fully saturated rings. The number of hydrogen-bond donors (Lipinski definition) is 1. The lowest BCUT2D eigenvalue weighted by Crippen LogP contribution is -2.44. The van der Waals surface area contributed by atoms with Gasteiger partial charge in [-0.05, 0) is 37.5 Å². The molecule has 0 saturated carbocycles. The predicted octanol–water partition coefficient (Wildman–Crippen LogP) is 1.73. The standard InChI is InChI=1S/C19H26N2O4/c1-13(17-4-3-9-25-17)20-19(23)15-10-18(22)21(12-15)11-14-5-7-16(24-2)8-6-14/h5-8,13,15,17H,3-4,9-12H2,1-2H3,(H,20,23)/t13-,15+,17+/m0/s1. The fourth-order valence-corrected chi connectivity index (χ4v) is 3.48. The molecule has 3 rings (SSSR count). The van der Waals surface area contributed by atoms with Gasteiger partial charge in [-0.15, -0.1) is 0 Å². The van der Waals surface area contributed by atoms with Gasteiger partial charge in [-0.2, -0.15) is 0 Å². The molecular formula is C19H26N2O4. The van der Waals surface area contributed by atoms with E-state index in [0.717, 1.165) is 30.8 Å². The van der Waals surface area contributed by atoms with Crippen LogP contribution in [-0.2, 0) is 20.9 Å².